The molecule has 4 aromatic carbocycles. The summed E-state index contributed by atoms with van der Waals surface area (Å²) in [5, 5.41) is 4.94. The van der Waals surface area contributed by atoms with Crippen LogP contribution >= 0.6 is 0 Å². The Morgan fingerprint density at radius 3 is 1.43 bits per heavy atom. The van der Waals surface area contributed by atoms with Crippen molar-refractivity contribution in [1.29, 1.82) is 0 Å². The van der Waals surface area contributed by atoms with E-state index in [1.54, 1.807) is 0 Å². The van der Waals surface area contributed by atoms with Crippen molar-refractivity contribution in [2.24, 2.45) is 0 Å². The number of hydrogen-bond donors (Lipinski definition) is 0. The zero-order valence-electron chi connectivity index (χ0n) is 22.4. The van der Waals surface area contributed by atoms with Gasteiger partial charge in [-0.3, -0.25) is 0 Å². The average molecular weight is 515 g/mol. The van der Waals surface area contributed by atoms with Gasteiger partial charge in [-0.1, -0.05) is 48.2 Å². The molecule has 0 aliphatic carbocycles. The summed E-state index contributed by atoms with van der Waals surface area (Å²) in [6.45, 7) is 6.21. The molecule has 0 spiro atoms. The van der Waals surface area contributed by atoms with Crippen LogP contribution in [0.5, 0.6) is 0 Å². The summed E-state index contributed by atoms with van der Waals surface area (Å²) < 4.78 is 4.69. The van der Waals surface area contributed by atoms with Gasteiger partial charge in [0.15, 0.2) is 0 Å². The van der Waals surface area contributed by atoms with Crippen LogP contribution in [0.1, 0.15) is 36.4 Å². The average Bonchev–Trinajstić information content (AvgIpc) is 3.50. The highest BCUT2D eigenvalue weighted by Crippen LogP contribution is 2.30. The predicted octanol–water partition coefficient (Wildman–Crippen LogP) is 7.53. The van der Waals surface area contributed by atoms with Gasteiger partial charge in [0.05, 0.1) is 0 Å². The van der Waals surface area contributed by atoms with Crippen molar-refractivity contribution >= 4 is 43.6 Å². The van der Waals surface area contributed by atoms with Crippen LogP contribution in [0, 0.1) is 23.7 Å². The molecule has 0 aliphatic heterocycles. The van der Waals surface area contributed by atoms with E-state index >= 15 is 0 Å². The summed E-state index contributed by atoms with van der Waals surface area (Å²) in [4.78, 5) is 8.73. The van der Waals surface area contributed by atoms with Crippen LogP contribution in [0.3, 0.4) is 0 Å². The fraction of sp³-hybridized carbons (Fsp3) is 0.111. The molecule has 40 heavy (non-hydrogen) atoms. The lowest BCUT2D eigenvalue weighted by Gasteiger charge is -2.02. The molecule has 4 nitrogen and oxygen atoms in total. The number of rotatable bonds is 2. The second-order valence-corrected chi connectivity index (χ2v) is 9.78. The molecular weight excluding hydrogens is 488 g/mol. The largest absolute Gasteiger partial charge is 0.341 e. The Balaban J connectivity index is 1.20. The molecule has 0 fully saturated rings. The molecule has 0 saturated heterocycles. The van der Waals surface area contributed by atoms with Crippen molar-refractivity contribution in [3.05, 3.63) is 120 Å². The van der Waals surface area contributed by atoms with E-state index in [1.807, 2.05) is 6.07 Å². The number of aryl methyl sites for hydroxylation is 2. The minimum absolute atomic E-state index is 0.650. The fourth-order valence-corrected chi connectivity index (χ4v) is 5.71. The first-order chi connectivity index (χ1) is 19.7. The number of nitrogens with zero attached hydrogens (tertiary/aromatic N) is 4. The Hall–Kier alpha value is -5.32. The number of para-hydroxylation sites is 2. The van der Waals surface area contributed by atoms with Crippen LogP contribution in [0.25, 0.3) is 43.6 Å². The second kappa shape index (κ2) is 9.77. The Bertz CT molecular complexity index is 2050. The van der Waals surface area contributed by atoms with Gasteiger partial charge in [-0.15, -0.1) is 0 Å². The van der Waals surface area contributed by atoms with E-state index in [9.17, 15) is 0 Å². The Morgan fingerprint density at radius 1 is 0.500 bits per heavy atom. The molecule has 0 amide bonds. The van der Waals surface area contributed by atoms with E-state index in [0.717, 1.165) is 24.2 Å². The molecular formula is C36H26N4. The van der Waals surface area contributed by atoms with Crippen molar-refractivity contribution in [3.8, 4) is 23.7 Å². The van der Waals surface area contributed by atoms with Crippen molar-refractivity contribution in [2.75, 3.05) is 0 Å². The van der Waals surface area contributed by atoms with Crippen LogP contribution < -0.4 is 0 Å². The van der Waals surface area contributed by atoms with E-state index in [4.69, 9.17) is 0 Å². The lowest BCUT2D eigenvalue weighted by Crippen LogP contribution is -1.92. The van der Waals surface area contributed by atoms with Gasteiger partial charge in [0.25, 0.3) is 0 Å². The maximum absolute atomic E-state index is 4.37. The third-order valence-electron chi connectivity index (χ3n) is 7.51. The molecule has 0 unspecified atom stereocenters. The fourth-order valence-electron chi connectivity index (χ4n) is 5.71. The molecule has 0 N–H and O–H groups in total. The van der Waals surface area contributed by atoms with Gasteiger partial charge >= 0.3 is 0 Å². The quantitative estimate of drug-likeness (QED) is 0.224. The molecule has 0 saturated carbocycles. The van der Waals surface area contributed by atoms with Crippen LogP contribution in [0.15, 0.2) is 97.3 Å². The Labute approximate surface area is 232 Å². The van der Waals surface area contributed by atoms with Gasteiger partial charge in [0.2, 0.25) is 0 Å². The standard InChI is InChI=1S/C36H26N4/c1-3-39-33-11-7-5-9-29(33)31-21-25(15-19-35(31)39)13-17-27-23-28(38-24-37-27)18-14-26-16-20-36-32(22-26)30-10-6-8-12-34(30)40(36)4-2/h5-12,15-16,19-24H,3-4H2,1-2H3. The van der Waals surface area contributed by atoms with Crippen molar-refractivity contribution in [2.45, 2.75) is 26.9 Å². The molecule has 190 valence electrons. The normalized spacial score (nSPS) is 11.1. The molecule has 7 aromatic rings. The lowest BCUT2D eigenvalue weighted by molar-refractivity contribution is 0.827. The number of hydrogen-bond acceptors (Lipinski definition) is 2. The minimum atomic E-state index is 0.650. The summed E-state index contributed by atoms with van der Waals surface area (Å²) >= 11 is 0. The molecule has 0 atom stereocenters. The molecule has 7 rings (SSSR count). The topological polar surface area (TPSA) is 35.6 Å². The second-order valence-electron chi connectivity index (χ2n) is 9.78. The van der Waals surface area contributed by atoms with E-state index in [1.165, 1.54) is 49.9 Å². The van der Waals surface area contributed by atoms with Crippen molar-refractivity contribution in [3.63, 3.8) is 0 Å². The van der Waals surface area contributed by atoms with Crippen LogP contribution in [0.2, 0.25) is 0 Å². The zero-order chi connectivity index (χ0) is 27.1. The van der Waals surface area contributed by atoms with Gasteiger partial charge in [-0.25, -0.2) is 9.97 Å². The highest BCUT2D eigenvalue weighted by Gasteiger charge is 2.10. The smallest absolute Gasteiger partial charge is 0.118 e. The zero-order valence-corrected chi connectivity index (χ0v) is 22.4. The highest BCUT2D eigenvalue weighted by molar-refractivity contribution is 6.09. The monoisotopic (exact) mass is 514 g/mol. The third kappa shape index (κ3) is 3.99. The van der Waals surface area contributed by atoms with Crippen molar-refractivity contribution < 1.29 is 0 Å². The molecule has 0 bridgehead atoms. The molecule has 0 aliphatic rings. The Morgan fingerprint density at radius 2 is 0.950 bits per heavy atom. The number of benzene rings is 4. The Kier molecular flexibility index (Phi) is 5.81. The van der Waals surface area contributed by atoms with Crippen LogP contribution in [-0.2, 0) is 13.1 Å². The summed E-state index contributed by atoms with van der Waals surface area (Å²) in [6, 6.07) is 31.7. The summed E-state index contributed by atoms with van der Waals surface area (Å²) in [7, 11) is 0. The highest BCUT2D eigenvalue weighted by atomic mass is 15.0. The summed E-state index contributed by atoms with van der Waals surface area (Å²) in [6.07, 6.45) is 1.53. The first-order valence-corrected chi connectivity index (χ1v) is 13.6. The maximum atomic E-state index is 4.37. The van der Waals surface area contributed by atoms with Gasteiger partial charge in [0.1, 0.15) is 17.7 Å². The van der Waals surface area contributed by atoms with Gasteiger partial charge in [-0.2, -0.15) is 0 Å². The predicted molar refractivity (Wildman–Crippen MR) is 164 cm³/mol. The van der Waals surface area contributed by atoms with E-state index in [2.05, 4.69) is 142 Å². The summed E-state index contributed by atoms with van der Waals surface area (Å²) in [5.74, 6) is 13.0. The van der Waals surface area contributed by atoms with E-state index in [0.29, 0.717) is 11.4 Å². The lowest BCUT2D eigenvalue weighted by atomic mass is 10.1. The first kappa shape index (κ1) is 23.8. The minimum Gasteiger partial charge on any atom is -0.341 e. The van der Waals surface area contributed by atoms with E-state index < -0.39 is 0 Å². The van der Waals surface area contributed by atoms with Crippen LogP contribution in [0.4, 0.5) is 0 Å². The SMILES string of the molecule is CCn1c2ccccc2c2cc(C#Cc3cc(C#Cc4ccc5c(c4)c4ccccc4n5CC)ncn3)ccc21. The molecule has 0 radical (unpaired) electrons. The maximum Gasteiger partial charge on any atom is 0.118 e. The van der Waals surface area contributed by atoms with Gasteiger partial charge in [0, 0.05) is 73.9 Å². The molecule has 4 heteroatoms. The first-order valence-electron chi connectivity index (χ1n) is 13.6. The van der Waals surface area contributed by atoms with Crippen LogP contribution in [-0.4, -0.2) is 19.1 Å². The number of fused-ring (bicyclic) bond motifs is 6. The third-order valence-corrected chi connectivity index (χ3v) is 7.51. The van der Waals surface area contributed by atoms with Gasteiger partial charge < -0.3 is 9.13 Å². The molecule has 3 aromatic heterocycles. The van der Waals surface area contributed by atoms with Gasteiger partial charge in [-0.05, 0) is 74.2 Å². The number of aromatic nitrogens is 4. The summed E-state index contributed by atoms with van der Waals surface area (Å²) in [5.41, 5.74) is 8.17. The van der Waals surface area contributed by atoms with E-state index in [-0.39, 0.29) is 0 Å². The molecule has 3 heterocycles. The van der Waals surface area contributed by atoms with Crippen molar-refractivity contribution in [1.82, 2.24) is 19.1 Å².